The number of pyridine rings is 2. The number of furan rings is 1. The Morgan fingerprint density at radius 2 is 1.44 bits per heavy atom. The van der Waals surface area contributed by atoms with Crippen molar-refractivity contribution in [3.8, 4) is 39.6 Å². The molecule has 0 spiro atoms. The van der Waals surface area contributed by atoms with E-state index in [4.69, 9.17) is 17.1 Å². The first kappa shape index (κ1) is 37.1. The van der Waals surface area contributed by atoms with E-state index in [1.807, 2.05) is 143 Å². The number of para-hydroxylation sites is 4. The molecule has 0 unspecified atom stereocenters. The third-order valence-electron chi connectivity index (χ3n) is 10.1. The van der Waals surface area contributed by atoms with E-state index in [0.29, 0.717) is 0 Å². The Kier molecular flexibility index (Phi) is 10.8. The van der Waals surface area contributed by atoms with Crippen LogP contribution in [-0.2, 0) is 20.1 Å². The maximum Gasteiger partial charge on any atom is 0.120 e. The van der Waals surface area contributed by atoms with Crippen LogP contribution in [0, 0.1) is 12.1 Å². The van der Waals surface area contributed by atoms with Gasteiger partial charge in [0.25, 0.3) is 0 Å². The SMILES string of the molecule is C[Si](C)(C)c1ccc(-c2ccnc(-c3[c-]ccc4c3oc3ccccc34)c2)nc1.[2H]C(C)(C)c1cccc(C([2H])(C)C)c1-n1c(-c2[c-]cccc2)nc2ccccc21.[Ir]. The molecule has 0 saturated carbocycles. The van der Waals surface area contributed by atoms with Crippen molar-refractivity contribution < 1.29 is 27.3 Å². The smallest absolute Gasteiger partial charge is 0.120 e. The molecule has 0 fully saturated rings. The molecule has 1 radical (unpaired) electrons. The van der Waals surface area contributed by atoms with E-state index in [-0.39, 0.29) is 20.1 Å². The van der Waals surface area contributed by atoms with Crippen molar-refractivity contribution >= 4 is 46.2 Å². The molecule has 0 bridgehead atoms. The maximum absolute atomic E-state index is 8.80. The molecule has 0 aliphatic rings. The van der Waals surface area contributed by atoms with Crippen molar-refractivity contribution in [2.45, 2.75) is 59.1 Å². The molecule has 5 nitrogen and oxygen atoms in total. The number of rotatable bonds is 7. The summed E-state index contributed by atoms with van der Waals surface area (Å²) in [5.74, 6) is -0.895. The van der Waals surface area contributed by atoms with Crippen molar-refractivity contribution in [2.24, 2.45) is 0 Å². The monoisotopic (exact) mass is 941 g/mol. The predicted molar refractivity (Wildman–Crippen MR) is 236 cm³/mol. The molecule has 0 aliphatic carbocycles. The van der Waals surface area contributed by atoms with Crippen molar-refractivity contribution in [3.05, 3.63) is 163 Å². The summed E-state index contributed by atoms with van der Waals surface area (Å²) in [6, 6.07) is 48.8. The molecule has 4 heterocycles. The first-order valence-electron chi connectivity index (χ1n) is 20.0. The summed E-state index contributed by atoms with van der Waals surface area (Å²) in [6.45, 7) is 14.5. The summed E-state index contributed by atoms with van der Waals surface area (Å²) in [7, 11) is -1.36. The number of imidazole rings is 1. The average Bonchev–Trinajstić information content (AvgIpc) is 3.79. The third-order valence-corrected chi connectivity index (χ3v) is 12.2. The minimum absolute atomic E-state index is 0. The Morgan fingerprint density at radius 1 is 0.702 bits per heavy atom. The summed E-state index contributed by atoms with van der Waals surface area (Å²) >= 11 is 0. The molecule has 9 rings (SSSR count). The fraction of sp³-hybridized carbons (Fsp3) is 0.180. The molecule has 287 valence electrons. The molecule has 5 aromatic carbocycles. The van der Waals surface area contributed by atoms with Crippen LogP contribution in [0.1, 0.15) is 53.4 Å². The molecule has 57 heavy (non-hydrogen) atoms. The minimum atomic E-state index is -1.36. The van der Waals surface area contributed by atoms with E-state index in [1.165, 1.54) is 5.19 Å². The van der Waals surface area contributed by atoms with Gasteiger partial charge in [0.05, 0.1) is 36.2 Å². The van der Waals surface area contributed by atoms with Crippen molar-refractivity contribution in [2.75, 3.05) is 0 Å². The standard InChI is InChI=1S/C25H21N2OSi.C25H25N2.Ir/c1-29(2,3)18-11-12-22(27-16-18)17-13-14-26-23(15-17)21-9-6-8-20-19-7-4-5-10-24(19)28-25(20)21;1-17(2)20-13-10-14-21(18(3)4)24(20)27-23-16-9-8-15-22(23)26-25(27)19-11-6-5-7-12-19;/h4-8,10-16H,1-3H3;5-11,13-18H,1-4H3;/q2*-1;/i;17D,18D;. The molecule has 0 atom stereocenters. The van der Waals surface area contributed by atoms with Crippen LogP contribution in [0.2, 0.25) is 19.6 Å². The second-order valence-electron chi connectivity index (χ2n) is 15.5. The van der Waals surface area contributed by atoms with E-state index < -0.39 is 19.9 Å². The van der Waals surface area contributed by atoms with Gasteiger partial charge in [-0.3, -0.25) is 9.97 Å². The Hall–Kier alpha value is -5.46. The van der Waals surface area contributed by atoms with Gasteiger partial charge in [-0.25, -0.2) is 0 Å². The van der Waals surface area contributed by atoms with E-state index in [1.54, 1.807) is 0 Å². The molecular weight excluding hydrogens is 893 g/mol. The van der Waals surface area contributed by atoms with Crippen LogP contribution in [0.3, 0.4) is 0 Å². The number of benzene rings is 5. The normalized spacial score (nSPS) is 12.5. The zero-order chi connectivity index (χ0) is 40.8. The largest absolute Gasteiger partial charge is 0.501 e. The molecule has 7 heteroatoms. The molecular formula is C50H46IrN4OSi-2. The van der Waals surface area contributed by atoms with Gasteiger partial charge in [-0.2, -0.15) is 0 Å². The molecule has 0 saturated heterocycles. The van der Waals surface area contributed by atoms with Crippen LogP contribution in [0.4, 0.5) is 0 Å². The molecule has 0 aliphatic heterocycles. The van der Waals surface area contributed by atoms with Crippen molar-refractivity contribution in [3.63, 3.8) is 0 Å². The van der Waals surface area contributed by atoms with Gasteiger partial charge >= 0.3 is 0 Å². The molecule has 4 aromatic heterocycles. The molecule has 0 N–H and O–H groups in total. The van der Waals surface area contributed by atoms with Crippen LogP contribution >= 0.6 is 0 Å². The van der Waals surface area contributed by atoms with Crippen LogP contribution in [0.15, 0.2) is 144 Å². The molecule has 0 amide bonds. The van der Waals surface area contributed by atoms with Gasteiger partial charge in [0.1, 0.15) is 5.58 Å². The topological polar surface area (TPSA) is 56.7 Å². The summed E-state index contributed by atoms with van der Waals surface area (Å²) in [5.41, 5.74) is 10.7. The third kappa shape index (κ3) is 7.93. The summed E-state index contributed by atoms with van der Waals surface area (Å²) < 4.78 is 25.9. The zero-order valence-corrected chi connectivity index (χ0v) is 36.7. The predicted octanol–water partition coefficient (Wildman–Crippen LogP) is 12.8. The first-order chi connectivity index (χ1) is 27.7. The van der Waals surface area contributed by atoms with E-state index in [9.17, 15) is 0 Å². The quantitative estimate of drug-likeness (QED) is 0.118. The second-order valence-corrected chi connectivity index (χ2v) is 20.6. The summed E-state index contributed by atoms with van der Waals surface area (Å²) in [5, 5.41) is 3.55. The Balaban J connectivity index is 0.000000176. The Morgan fingerprint density at radius 3 is 2.14 bits per heavy atom. The molecule has 9 aromatic rings. The fourth-order valence-corrected chi connectivity index (χ4v) is 8.21. The minimum Gasteiger partial charge on any atom is -0.501 e. The van der Waals surface area contributed by atoms with E-state index in [2.05, 4.69) is 65.6 Å². The van der Waals surface area contributed by atoms with E-state index in [0.717, 1.165) is 83.7 Å². The van der Waals surface area contributed by atoms with Crippen LogP contribution in [0.5, 0.6) is 0 Å². The number of hydrogen-bond acceptors (Lipinski definition) is 4. The van der Waals surface area contributed by atoms with Gasteiger partial charge < -0.3 is 14.0 Å². The van der Waals surface area contributed by atoms with Gasteiger partial charge in [-0.1, -0.05) is 119 Å². The number of nitrogens with zero attached hydrogens (tertiary/aromatic N) is 4. The van der Waals surface area contributed by atoms with Crippen LogP contribution in [-0.4, -0.2) is 27.6 Å². The van der Waals surface area contributed by atoms with Gasteiger partial charge in [0.15, 0.2) is 0 Å². The van der Waals surface area contributed by atoms with Gasteiger partial charge in [-0.05, 0) is 69.7 Å². The summed E-state index contributed by atoms with van der Waals surface area (Å²) in [4.78, 5) is 14.2. The number of aromatic nitrogens is 4. The second kappa shape index (κ2) is 16.6. The van der Waals surface area contributed by atoms with Gasteiger partial charge in [0, 0.05) is 46.3 Å². The number of fused-ring (bicyclic) bond motifs is 4. The zero-order valence-electron chi connectivity index (χ0n) is 35.3. The van der Waals surface area contributed by atoms with E-state index >= 15 is 0 Å². The van der Waals surface area contributed by atoms with Gasteiger partial charge in [0.2, 0.25) is 0 Å². The Bertz CT molecular complexity index is 2870. The summed E-state index contributed by atoms with van der Waals surface area (Å²) in [6.07, 6.45) is 3.85. The Labute approximate surface area is 353 Å². The maximum atomic E-state index is 8.80. The van der Waals surface area contributed by atoms with Gasteiger partial charge in [-0.15, -0.1) is 54.1 Å². The number of hydrogen-bond donors (Lipinski definition) is 0. The van der Waals surface area contributed by atoms with Crippen molar-refractivity contribution in [1.29, 1.82) is 0 Å². The average molecular weight is 941 g/mol. The van der Waals surface area contributed by atoms with Crippen LogP contribution in [0.25, 0.3) is 72.6 Å². The fourth-order valence-electron chi connectivity index (χ4n) is 7.17. The van der Waals surface area contributed by atoms with Crippen molar-refractivity contribution in [1.82, 2.24) is 19.5 Å². The van der Waals surface area contributed by atoms with Crippen LogP contribution < -0.4 is 5.19 Å². The first-order valence-corrected chi connectivity index (χ1v) is 22.5.